The highest BCUT2D eigenvalue weighted by Gasteiger charge is 2.07. The summed E-state index contributed by atoms with van der Waals surface area (Å²) in [4.78, 5) is 13.5. The van der Waals surface area contributed by atoms with E-state index in [4.69, 9.17) is 4.74 Å². The molecule has 4 aromatic rings. The lowest BCUT2D eigenvalue weighted by Gasteiger charge is -2.08. The summed E-state index contributed by atoms with van der Waals surface area (Å²) in [5.41, 5.74) is 1.55. The lowest BCUT2D eigenvalue weighted by Crippen LogP contribution is -2.27. The Bertz CT molecular complexity index is 1030. The summed E-state index contributed by atoms with van der Waals surface area (Å²) >= 11 is 1.66. The van der Waals surface area contributed by atoms with Gasteiger partial charge in [0.2, 0.25) is 0 Å². The molecule has 28 heavy (non-hydrogen) atoms. The van der Waals surface area contributed by atoms with E-state index in [1.165, 1.54) is 0 Å². The molecule has 0 aliphatic heterocycles. The Balaban J connectivity index is 1.28. The average Bonchev–Trinajstić information content (AvgIpc) is 3.41. The van der Waals surface area contributed by atoms with Crippen molar-refractivity contribution in [3.05, 3.63) is 89.9 Å². The molecule has 2 aromatic heterocycles. The van der Waals surface area contributed by atoms with E-state index in [1.54, 1.807) is 35.6 Å². The Hall–Kier alpha value is -3.38. The van der Waals surface area contributed by atoms with Crippen LogP contribution in [0.25, 0.3) is 10.6 Å². The van der Waals surface area contributed by atoms with Crippen molar-refractivity contribution < 1.29 is 9.53 Å². The molecule has 1 amide bonds. The van der Waals surface area contributed by atoms with E-state index in [-0.39, 0.29) is 5.91 Å². The zero-order valence-electron chi connectivity index (χ0n) is 15.1. The molecule has 0 aliphatic carbocycles. The van der Waals surface area contributed by atoms with E-state index in [0.29, 0.717) is 24.4 Å². The number of hydrogen-bond donors (Lipinski definition) is 1. The van der Waals surface area contributed by atoms with Crippen LogP contribution >= 0.6 is 11.3 Å². The van der Waals surface area contributed by atoms with Gasteiger partial charge in [-0.25, -0.2) is 0 Å². The smallest absolute Gasteiger partial charge is 0.251 e. The summed E-state index contributed by atoms with van der Waals surface area (Å²) in [5.74, 6) is 1.35. The molecule has 0 bridgehead atoms. The van der Waals surface area contributed by atoms with Crippen LogP contribution in [0.4, 0.5) is 0 Å². The van der Waals surface area contributed by atoms with Gasteiger partial charge in [0, 0.05) is 18.3 Å². The highest BCUT2D eigenvalue weighted by Crippen LogP contribution is 2.22. The molecule has 4 rings (SSSR count). The maximum atomic E-state index is 12.3. The molecule has 0 aliphatic rings. The van der Waals surface area contributed by atoms with Gasteiger partial charge in [-0.2, -0.15) is 5.10 Å². The Morgan fingerprint density at radius 3 is 2.50 bits per heavy atom. The van der Waals surface area contributed by atoms with Crippen molar-refractivity contribution in [1.82, 2.24) is 15.1 Å². The van der Waals surface area contributed by atoms with Gasteiger partial charge in [0.05, 0.1) is 11.4 Å². The molecule has 140 valence electrons. The number of benzene rings is 2. The Kier molecular flexibility index (Phi) is 5.49. The minimum absolute atomic E-state index is 0.114. The van der Waals surface area contributed by atoms with Gasteiger partial charge in [-0.1, -0.05) is 24.3 Å². The summed E-state index contributed by atoms with van der Waals surface area (Å²) in [5, 5.41) is 9.49. The number of hydrogen-bond acceptors (Lipinski definition) is 4. The first kappa shape index (κ1) is 18.0. The molecule has 0 fully saturated rings. The van der Waals surface area contributed by atoms with Crippen molar-refractivity contribution in [2.75, 3.05) is 6.54 Å². The van der Waals surface area contributed by atoms with E-state index in [9.17, 15) is 4.79 Å². The third kappa shape index (κ3) is 4.47. The van der Waals surface area contributed by atoms with Crippen LogP contribution in [0.5, 0.6) is 11.5 Å². The molecule has 0 radical (unpaired) electrons. The van der Waals surface area contributed by atoms with Gasteiger partial charge in [0.25, 0.3) is 5.91 Å². The van der Waals surface area contributed by atoms with E-state index in [0.717, 1.165) is 16.3 Å². The molecule has 2 aromatic carbocycles. The van der Waals surface area contributed by atoms with Gasteiger partial charge in [-0.05, 0) is 53.9 Å². The molecule has 0 atom stereocenters. The summed E-state index contributed by atoms with van der Waals surface area (Å²) in [6.45, 7) is 1.12. The van der Waals surface area contributed by atoms with Crippen LogP contribution in [0, 0.1) is 0 Å². The number of thiophene rings is 1. The topological polar surface area (TPSA) is 56.2 Å². The fourth-order valence-electron chi connectivity index (χ4n) is 2.73. The molecule has 1 N–H and O–H groups in total. The van der Waals surface area contributed by atoms with Crippen LogP contribution in [0.15, 0.2) is 84.4 Å². The van der Waals surface area contributed by atoms with Crippen LogP contribution in [-0.2, 0) is 6.54 Å². The van der Waals surface area contributed by atoms with Crippen LogP contribution in [0.3, 0.4) is 0 Å². The van der Waals surface area contributed by atoms with Gasteiger partial charge in [0.15, 0.2) is 0 Å². The molecule has 5 nitrogen and oxygen atoms in total. The van der Waals surface area contributed by atoms with Crippen molar-refractivity contribution in [3.8, 4) is 22.1 Å². The highest BCUT2D eigenvalue weighted by atomic mass is 32.1. The standard InChI is InChI=1S/C22H19N3O2S/c26-22(17-8-10-19(11-9-17)27-18-5-2-1-3-6-18)23-13-15-25-14-12-20(24-25)21-7-4-16-28-21/h1-12,14,16H,13,15H2,(H,23,26). The summed E-state index contributed by atoms with van der Waals surface area (Å²) in [7, 11) is 0. The van der Waals surface area contributed by atoms with Crippen LogP contribution in [-0.4, -0.2) is 22.2 Å². The summed E-state index contributed by atoms with van der Waals surface area (Å²) < 4.78 is 7.58. The Morgan fingerprint density at radius 1 is 0.964 bits per heavy atom. The first-order chi connectivity index (χ1) is 13.8. The second-order valence-corrected chi connectivity index (χ2v) is 7.08. The lowest BCUT2D eigenvalue weighted by atomic mass is 10.2. The molecule has 0 spiro atoms. The van der Waals surface area contributed by atoms with Crippen LogP contribution < -0.4 is 10.1 Å². The molecular weight excluding hydrogens is 370 g/mol. The number of amides is 1. The lowest BCUT2D eigenvalue weighted by molar-refractivity contribution is 0.0952. The first-order valence-electron chi connectivity index (χ1n) is 8.96. The highest BCUT2D eigenvalue weighted by molar-refractivity contribution is 7.13. The quantitative estimate of drug-likeness (QED) is 0.492. The van der Waals surface area contributed by atoms with E-state index < -0.39 is 0 Å². The van der Waals surface area contributed by atoms with Crippen LogP contribution in [0.2, 0.25) is 0 Å². The third-order valence-corrected chi connectivity index (χ3v) is 5.03. The number of carbonyl (C=O) groups is 1. The monoisotopic (exact) mass is 389 g/mol. The summed E-state index contributed by atoms with van der Waals surface area (Å²) in [6, 6.07) is 22.7. The fraction of sp³-hybridized carbons (Fsp3) is 0.0909. The first-order valence-corrected chi connectivity index (χ1v) is 9.84. The maximum absolute atomic E-state index is 12.3. The van der Waals surface area contributed by atoms with Gasteiger partial charge in [-0.3, -0.25) is 9.48 Å². The molecule has 2 heterocycles. The van der Waals surface area contributed by atoms with E-state index in [1.807, 2.05) is 64.8 Å². The number of carbonyl (C=O) groups excluding carboxylic acids is 1. The number of ether oxygens (including phenoxy) is 1. The van der Waals surface area contributed by atoms with Crippen LogP contribution in [0.1, 0.15) is 10.4 Å². The SMILES string of the molecule is O=C(NCCn1ccc(-c2cccs2)n1)c1ccc(Oc2ccccc2)cc1. The van der Waals surface area contributed by atoms with Crippen molar-refractivity contribution in [3.63, 3.8) is 0 Å². The largest absolute Gasteiger partial charge is 0.457 e. The molecular formula is C22H19N3O2S. The zero-order chi connectivity index (χ0) is 19.2. The second kappa shape index (κ2) is 8.54. The zero-order valence-corrected chi connectivity index (χ0v) is 15.9. The third-order valence-electron chi connectivity index (χ3n) is 4.14. The second-order valence-electron chi connectivity index (χ2n) is 6.14. The van der Waals surface area contributed by atoms with E-state index in [2.05, 4.69) is 10.4 Å². The minimum Gasteiger partial charge on any atom is -0.457 e. The average molecular weight is 389 g/mol. The Labute approximate surface area is 167 Å². The number of nitrogens with zero attached hydrogens (tertiary/aromatic N) is 2. The molecule has 0 saturated heterocycles. The van der Waals surface area contributed by atoms with Gasteiger partial charge in [-0.15, -0.1) is 11.3 Å². The number of rotatable bonds is 7. The normalized spacial score (nSPS) is 10.6. The predicted molar refractivity (Wildman–Crippen MR) is 111 cm³/mol. The maximum Gasteiger partial charge on any atom is 0.251 e. The van der Waals surface area contributed by atoms with Gasteiger partial charge < -0.3 is 10.1 Å². The number of nitrogens with one attached hydrogen (secondary N) is 1. The molecule has 0 saturated carbocycles. The number of para-hydroxylation sites is 1. The molecule has 6 heteroatoms. The fourth-order valence-corrected chi connectivity index (χ4v) is 3.42. The number of aromatic nitrogens is 2. The van der Waals surface area contributed by atoms with E-state index >= 15 is 0 Å². The minimum atomic E-state index is -0.114. The predicted octanol–water partition coefficient (Wildman–Crippen LogP) is 4.83. The van der Waals surface area contributed by atoms with Crippen molar-refractivity contribution in [2.45, 2.75) is 6.54 Å². The van der Waals surface area contributed by atoms with Crippen molar-refractivity contribution in [1.29, 1.82) is 0 Å². The van der Waals surface area contributed by atoms with Gasteiger partial charge in [0.1, 0.15) is 17.2 Å². The van der Waals surface area contributed by atoms with Crippen molar-refractivity contribution >= 4 is 17.2 Å². The summed E-state index contributed by atoms with van der Waals surface area (Å²) in [6.07, 6.45) is 1.93. The Morgan fingerprint density at radius 2 is 1.75 bits per heavy atom. The van der Waals surface area contributed by atoms with Gasteiger partial charge >= 0.3 is 0 Å². The van der Waals surface area contributed by atoms with Crippen molar-refractivity contribution in [2.24, 2.45) is 0 Å². The molecule has 0 unspecified atom stereocenters.